The number of carbonyl (C=O) groups excluding carboxylic acids is 1. The quantitative estimate of drug-likeness (QED) is 0.629. The summed E-state index contributed by atoms with van der Waals surface area (Å²) in [5, 5.41) is 11.2. The van der Waals surface area contributed by atoms with Crippen molar-refractivity contribution in [2.24, 2.45) is 0 Å². The van der Waals surface area contributed by atoms with E-state index in [2.05, 4.69) is 15.5 Å². The number of alkyl halides is 3. The van der Waals surface area contributed by atoms with Gasteiger partial charge in [-0.1, -0.05) is 42.1 Å². The zero-order valence-corrected chi connectivity index (χ0v) is 15.9. The molecule has 0 bridgehead atoms. The van der Waals surface area contributed by atoms with Crippen LogP contribution in [0.2, 0.25) is 0 Å². The second kappa shape index (κ2) is 7.78. The van der Waals surface area contributed by atoms with Crippen molar-refractivity contribution in [2.75, 3.05) is 22.5 Å². The van der Waals surface area contributed by atoms with E-state index in [-0.39, 0.29) is 11.4 Å². The van der Waals surface area contributed by atoms with Crippen LogP contribution in [-0.2, 0) is 17.5 Å². The summed E-state index contributed by atoms with van der Waals surface area (Å²) in [6, 6.07) is 14.7. The Balaban J connectivity index is 1.42. The van der Waals surface area contributed by atoms with E-state index >= 15 is 0 Å². The summed E-state index contributed by atoms with van der Waals surface area (Å²) < 4.78 is 41.1. The summed E-state index contributed by atoms with van der Waals surface area (Å²) in [6.45, 7) is 1.39. The summed E-state index contributed by atoms with van der Waals surface area (Å²) in [7, 11) is 0. The summed E-state index contributed by atoms with van der Waals surface area (Å²) in [6.07, 6.45) is -4.54. The van der Waals surface area contributed by atoms with E-state index in [4.69, 9.17) is 0 Å². The number of amides is 1. The van der Waals surface area contributed by atoms with Crippen molar-refractivity contribution in [3.63, 3.8) is 0 Å². The molecule has 150 valence electrons. The normalized spacial score (nSPS) is 13.4. The van der Waals surface area contributed by atoms with E-state index < -0.39 is 17.6 Å². The number of carbonyl (C=O) groups is 1. The largest absolute Gasteiger partial charge is 0.418 e. The van der Waals surface area contributed by atoms with Gasteiger partial charge in [-0.15, -0.1) is 10.2 Å². The van der Waals surface area contributed by atoms with Gasteiger partial charge in [0.2, 0.25) is 11.9 Å². The highest BCUT2D eigenvalue weighted by molar-refractivity contribution is 7.99. The number of fused-ring (bicyclic) bond motifs is 1. The first-order valence-corrected chi connectivity index (χ1v) is 9.77. The van der Waals surface area contributed by atoms with Gasteiger partial charge in [0.05, 0.1) is 17.0 Å². The molecule has 0 fully saturated rings. The van der Waals surface area contributed by atoms with Gasteiger partial charge in [0.15, 0.2) is 5.16 Å². The third-order valence-electron chi connectivity index (χ3n) is 4.39. The number of aromatic nitrogens is 3. The number of hydrogen-bond acceptors (Lipinski definition) is 5. The van der Waals surface area contributed by atoms with Crippen molar-refractivity contribution < 1.29 is 18.0 Å². The number of halogens is 3. The van der Waals surface area contributed by atoms with Gasteiger partial charge < -0.3 is 10.2 Å². The van der Waals surface area contributed by atoms with E-state index in [1.807, 2.05) is 39.8 Å². The van der Waals surface area contributed by atoms with Crippen molar-refractivity contribution in [2.45, 2.75) is 17.9 Å². The average molecular weight is 419 g/mol. The fraction of sp³-hybridized carbons (Fsp3) is 0.211. The number of hydrogen-bond donors (Lipinski definition) is 1. The molecule has 0 saturated carbocycles. The van der Waals surface area contributed by atoms with E-state index in [9.17, 15) is 18.0 Å². The van der Waals surface area contributed by atoms with E-state index in [0.29, 0.717) is 17.6 Å². The van der Waals surface area contributed by atoms with Crippen molar-refractivity contribution in [1.82, 2.24) is 14.8 Å². The van der Waals surface area contributed by atoms with Gasteiger partial charge in [-0.2, -0.15) is 13.2 Å². The van der Waals surface area contributed by atoms with Crippen LogP contribution in [0.3, 0.4) is 0 Å². The molecular weight excluding hydrogens is 403 g/mol. The van der Waals surface area contributed by atoms with Gasteiger partial charge in [0, 0.05) is 18.8 Å². The predicted octanol–water partition coefficient (Wildman–Crippen LogP) is 4.18. The third kappa shape index (κ3) is 4.07. The smallest absolute Gasteiger partial charge is 0.325 e. The molecule has 0 unspecified atom stereocenters. The molecule has 1 aromatic heterocycles. The lowest BCUT2D eigenvalue weighted by molar-refractivity contribution is -0.137. The molecule has 1 N–H and O–H groups in total. The molecule has 0 aliphatic carbocycles. The Bertz CT molecular complexity index is 1020. The van der Waals surface area contributed by atoms with Gasteiger partial charge in [0.25, 0.3) is 0 Å². The van der Waals surface area contributed by atoms with Crippen LogP contribution < -0.4 is 10.2 Å². The number of nitrogens with one attached hydrogen (secondary N) is 1. The van der Waals surface area contributed by atoms with Crippen LogP contribution in [0.5, 0.6) is 0 Å². The Kier molecular flexibility index (Phi) is 5.18. The van der Waals surface area contributed by atoms with Crippen LogP contribution in [0.15, 0.2) is 59.8 Å². The molecule has 6 nitrogen and oxygen atoms in total. The number of thioether (sulfide) groups is 1. The molecule has 0 radical (unpaired) electrons. The second-order valence-electron chi connectivity index (χ2n) is 6.30. The number of anilines is 3. The third-order valence-corrected chi connectivity index (χ3v) is 5.36. The number of rotatable bonds is 5. The molecular formula is C19H16F3N5OS. The lowest BCUT2D eigenvalue weighted by Crippen LogP contribution is -2.18. The van der Waals surface area contributed by atoms with Crippen LogP contribution in [0.1, 0.15) is 5.56 Å². The highest BCUT2D eigenvalue weighted by atomic mass is 32.2. The highest BCUT2D eigenvalue weighted by Crippen LogP contribution is 2.35. The zero-order chi connectivity index (χ0) is 20.4. The Morgan fingerprint density at radius 2 is 1.76 bits per heavy atom. The summed E-state index contributed by atoms with van der Waals surface area (Å²) >= 11 is 1.14. The maximum absolute atomic E-state index is 13.1. The van der Waals surface area contributed by atoms with Crippen molar-refractivity contribution in [3.8, 4) is 0 Å². The zero-order valence-electron chi connectivity index (χ0n) is 15.1. The van der Waals surface area contributed by atoms with E-state index in [1.165, 1.54) is 18.2 Å². The minimum Gasteiger partial charge on any atom is -0.325 e. The summed E-state index contributed by atoms with van der Waals surface area (Å²) in [5.41, 5.74) is -0.135. The molecule has 4 rings (SSSR count). The number of para-hydroxylation sites is 2. The maximum atomic E-state index is 13.1. The van der Waals surface area contributed by atoms with Gasteiger partial charge in [-0.25, -0.2) is 0 Å². The molecule has 0 saturated heterocycles. The monoisotopic (exact) mass is 419 g/mol. The fourth-order valence-corrected chi connectivity index (χ4v) is 3.85. The standard InChI is InChI=1S/C19H16F3N5OS/c20-19(21,22)14-8-4-5-9-15(14)23-16(28)12-29-18-25-24-17-26(10-11-27(17)18)13-6-2-1-3-7-13/h1-9H,10-12H2,(H,23,28). The van der Waals surface area contributed by atoms with Crippen LogP contribution >= 0.6 is 11.8 Å². The first kappa shape index (κ1) is 19.3. The van der Waals surface area contributed by atoms with Gasteiger partial charge in [0.1, 0.15) is 0 Å². The van der Waals surface area contributed by atoms with Crippen LogP contribution in [0.25, 0.3) is 0 Å². The van der Waals surface area contributed by atoms with Crippen LogP contribution in [0, 0.1) is 0 Å². The highest BCUT2D eigenvalue weighted by Gasteiger charge is 2.33. The molecule has 2 heterocycles. The van der Waals surface area contributed by atoms with Crippen LogP contribution in [0.4, 0.5) is 30.5 Å². The minimum atomic E-state index is -4.54. The van der Waals surface area contributed by atoms with Crippen molar-refractivity contribution >= 4 is 35.0 Å². The average Bonchev–Trinajstić information content (AvgIpc) is 3.29. The first-order valence-electron chi connectivity index (χ1n) is 8.78. The molecule has 0 atom stereocenters. The Morgan fingerprint density at radius 3 is 2.52 bits per heavy atom. The van der Waals surface area contributed by atoms with Crippen molar-refractivity contribution in [3.05, 3.63) is 60.2 Å². The molecule has 1 aliphatic rings. The first-order chi connectivity index (χ1) is 13.9. The minimum absolute atomic E-state index is 0.0737. The number of benzene rings is 2. The molecule has 0 spiro atoms. The molecule has 10 heteroatoms. The lowest BCUT2D eigenvalue weighted by atomic mass is 10.1. The van der Waals surface area contributed by atoms with E-state index in [1.54, 1.807) is 0 Å². The second-order valence-corrected chi connectivity index (χ2v) is 7.24. The number of nitrogens with zero attached hydrogens (tertiary/aromatic N) is 4. The Hall–Kier alpha value is -3.01. The van der Waals surface area contributed by atoms with Crippen LogP contribution in [-0.4, -0.2) is 33.0 Å². The summed E-state index contributed by atoms with van der Waals surface area (Å²) in [4.78, 5) is 14.2. The lowest BCUT2D eigenvalue weighted by Gasteiger charge is -2.14. The molecule has 1 aliphatic heterocycles. The van der Waals surface area contributed by atoms with Gasteiger partial charge in [-0.05, 0) is 24.3 Å². The molecule has 2 aromatic carbocycles. The van der Waals surface area contributed by atoms with Crippen molar-refractivity contribution in [1.29, 1.82) is 0 Å². The van der Waals surface area contributed by atoms with E-state index in [0.717, 1.165) is 30.1 Å². The Morgan fingerprint density at radius 1 is 1.03 bits per heavy atom. The fourth-order valence-electron chi connectivity index (χ4n) is 3.09. The SMILES string of the molecule is O=C(CSc1nnc2n1CCN2c1ccccc1)Nc1ccccc1C(F)(F)F. The van der Waals surface area contributed by atoms with Gasteiger partial charge in [-0.3, -0.25) is 9.36 Å². The van der Waals surface area contributed by atoms with Gasteiger partial charge >= 0.3 is 6.18 Å². The summed E-state index contributed by atoms with van der Waals surface area (Å²) in [5.74, 6) is 0.0684. The molecule has 29 heavy (non-hydrogen) atoms. The predicted molar refractivity (Wildman–Crippen MR) is 104 cm³/mol. The molecule has 3 aromatic rings. The topological polar surface area (TPSA) is 63.1 Å². The molecule has 1 amide bonds. The Labute approximate surface area is 168 Å². The maximum Gasteiger partial charge on any atom is 0.418 e.